The van der Waals surface area contributed by atoms with E-state index in [1.54, 1.807) is 38.3 Å². The molecule has 2 aromatic carbocycles. The van der Waals surface area contributed by atoms with Gasteiger partial charge >= 0.3 is 0 Å². The number of aliphatic hydroxyl groups excluding tert-OH is 1. The van der Waals surface area contributed by atoms with Gasteiger partial charge in [-0.25, -0.2) is 0 Å². The van der Waals surface area contributed by atoms with E-state index < -0.39 is 6.10 Å². The zero-order chi connectivity index (χ0) is 20.4. The van der Waals surface area contributed by atoms with Gasteiger partial charge in [0.2, 0.25) is 5.82 Å². The first-order valence-electron chi connectivity index (χ1n) is 9.22. The van der Waals surface area contributed by atoms with Crippen molar-refractivity contribution >= 4 is 5.91 Å². The maximum absolute atomic E-state index is 12.6. The number of carbonyl (C=O) groups excluding carboxylic acids is 1. The Labute approximate surface area is 167 Å². The Hall–Kier alpha value is -3.23. The van der Waals surface area contributed by atoms with Crippen molar-refractivity contribution in [2.24, 2.45) is 0 Å². The molecule has 2 N–H and O–H groups in total. The molecule has 3 aromatic rings. The summed E-state index contributed by atoms with van der Waals surface area (Å²) in [6.45, 7) is 2.25. The van der Waals surface area contributed by atoms with Crippen LogP contribution in [-0.2, 0) is 11.3 Å². The van der Waals surface area contributed by atoms with E-state index in [-0.39, 0.29) is 18.6 Å². The van der Waals surface area contributed by atoms with Crippen LogP contribution < -0.4 is 10.1 Å². The second-order valence-corrected chi connectivity index (χ2v) is 6.84. The number of aliphatic hydroxyl groups is 1. The fourth-order valence-electron chi connectivity index (χ4n) is 3.20. The average molecular weight is 395 g/mol. The van der Waals surface area contributed by atoms with Gasteiger partial charge in [-0.05, 0) is 30.7 Å². The monoisotopic (exact) mass is 395 g/mol. The fourth-order valence-corrected chi connectivity index (χ4v) is 3.20. The predicted molar refractivity (Wildman–Crippen MR) is 103 cm³/mol. The Morgan fingerprint density at radius 1 is 1.34 bits per heavy atom. The Balaban J connectivity index is 1.50. The average Bonchev–Trinajstić information content (AvgIpc) is 3.35. The molecule has 4 rings (SSSR count). The van der Waals surface area contributed by atoms with Crippen LogP contribution >= 0.6 is 0 Å². The Bertz CT molecular complexity index is 1030. The van der Waals surface area contributed by atoms with E-state index in [1.807, 2.05) is 18.2 Å². The second kappa shape index (κ2) is 8.02. The molecule has 1 amide bonds. The summed E-state index contributed by atoms with van der Waals surface area (Å²) in [5.41, 5.74) is 2.82. The Kier molecular flexibility index (Phi) is 5.28. The first kappa shape index (κ1) is 19.1. The molecular formula is C21H21N3O5. The van der Waals surface area contributed by atoms with Crippen LogP contribution in [0.1, 0.15) is 46.4 Å². The molecule has 0 saturated carbocycles. The summed E-state index contributed by atoms with van der Waals surface area (Å²) in [7, 11) is 1.56. The van der Waals surface area contributed by atoms with Crippen LogP contribution in [0.15, 0.2) is 47.0 Å². The lowest BCUT2D eigenvalue weighted by molar-refractivity contribution is 0.0930. The van der Waals surface area contributed by atoms with Crippen molar-refractivity contribution in [1.82, 2.24) is 15.5 Å². The molecule has 2 heterocycles. The number of hydrogen-bond donors (Lipinski definition) is 2. The van der Waals surface area contributed by atoms with E-state index in [0.717, 1.165) is 11.1 Å². The van der Waals surface area contributed by atoms with Crippen molar-refractivity contribution in [3.63, 3.8) is 0 Å². The van der Waals surface area contributed by atoms with Gasteiger partial charge in [0.15, 0.2) is 0 Å². The molecular weight excluding hydrogens is 374 g/mol. The van der Waals surface area contributed by atoms with E-state index >= 15 is 0 Å². The lowest BCUT2D eigenvalue weighted by Crippen LogP contribution is -2.29. The summed E-state index contributed by atoms with van der Waals surface area (Å²) < 4.78 is 15.9. The van der Waals surface area contributed by atoms with Crippen molar-refractivity contribution in [2.75, 3.05) is 13.7 Å². The summed E-state index contributed by atoms with van der Waals surface area (Å²) in [5, 5.41) is 16.7. The number of aromatic nitrogens is 2. The fraction of sp³-hybridized carbons (Fsp3) is 0.286. The van der Waals surface area contributed by atoms with Crippen molar-refractivity contribution in [1.29, 1.82) is 0 Å². The van der Waals surface area contributed by atoms with Gasteiger partial charge < -0.3 is 24.4 Å². The van der Waals surface area contributed by atoms with E-state index in [2.05, 4.69) is 15.5 Å². The van der Waals surface area contributed by atoms with Crippen LogP contribution in [-0.4, -0.2) is 34.9 Å². The maximum Gasteiger partial charge on any atom is 0.252 e. The number of carbonyl (C=O) groups is 1. The lowest BCUT2D eigenvalue weighted by Gasteiger charge is -2.13. The molecule has 2 atom stereocenters. The SMILES string of the molecule is COCc1nc(-c2ccc3c(c2)OCC3NC(=O)c2cccc([C@H](C)O)c2)no1. The number of rotatable bonds is 6. The maximum atomic E-state index is 12.6. The molecule has 1 aliphatic rings. The third-order valence-corrected chi connectivity index (χ3v) is 4.73. The molecule has 150 valence electrons. The Morgan fingerprint density at radius 2 is 2.21 bits per heavy atom. The van der Waals surface area contributed by atoms with Gasteiger partial charge in [0.25, 0.3) is 11.8 Å². The lowest BCUT2D eigenvalue weighted by atomic mass is 10.0. The summed E-state index contributed by atoms with van der Waals surface area (Å²) in [6, 6.07) is 12.3. The van der Waals surface area contributed by atoms with Gasteiger partial charge in [0, 0.05) is 23.8 Å². The molecule has 1 aliphatic heterocycles. The van der Waals surface area contributed by atoms with Crippen LogP contribution in [0.5, 0.6) is 5.75 Å². The predicted octanol–water partition coefficient (Wildman–Crippen LogP) is 2.80. The first-order valence-corrected chi connectivity index (χ1v) is 9.22. The van der Waals surface area contributed by atoms with Gasteiger partial charge in [-0.15, -0.1) is 0 Å². The highest BCUT2D eigenvalue weighted by atomic mass is 16.5. The second-order valence-electron chi connectivity index (χ2n) is 6.84. The number of hydrogen-bond acceptors (Lipinski definition) is 7. The first-order chi connectivity index (χ1) is 14.0. The van der Waals surface area contributed by atoms with Crippen LogP contribution in [0.3, 0.4) is 0 Å². The normalized spacial score (nSPS) is 16.2. The van der Waals surface area contributed by atoms with Crippen LogP contribution in [0.4, 0.5) is 0 Å². The Morgan fingerprint density at radius 3 is 3.00 bits per heavy atom. The summed E-state index contributed by atoms with van der Waals surface area (Å²) in [6.07, 6.45) is -0.633. The molecule has 0 saturated heterocycles. The molecule has 0 spiro atoms. The van der Waals surface area contributed by atoms with Crippen LogP contribution in [0.2, 0.25) is 0 Å². The highest BCUT2D eigenvalue weighted by Crippen LogP contribution is 2.35. The number of amides is 1. The number of nitrogens with zero attached hydrogens (tertiary/aromatic N) is 2. The summed E-state index contributed by atoms with van der Waals surface area (Å²) >= 11 is 0. The molecule has 0 aliphatic carbocycles. The quantitative estimate of drug-likeness (QED) is 0.661. The van der Waals surface area contributed by atoms with E-state index in [1.165, 1.54) is 0 Å². The summed E-state index contributed by atoms with van der Waals surface area (Å²) in [5.74, 6) is 1.29. The molecule has 0 fully saturated rings. The van der Waals surface area contributed by atoms with Crippen LogP contribution in [0.25, 0.3) is 11.4 Å². The minimum Gasteiger partial charge on any atom is -0.491 e. The molecule has 8 nitrogen and oxygen atoms in total. The molecule has 1 unspecified atom stereocenters. The van der Waals surface area contributed by atoms with E-state index in [9.17, 15) is 9.90 Å². The van der Waals surface area contributed by atoms with Crippen molar-refractivity contribution < 1.29 is 23.9 Å². The number of methoxy groups -OCH3 is 1. The third kappa shape index (κ3) is 3.98. The summed E-state index contributed by atoms with van der Waals surface area (Å²) in [4.78, 5) is 16.9. The van der Waals surface area contributed by atoms with Crippen molar-refractivity contribution in [2.45, 2.75) is 25.7 Å². The minimum absolute atomic E-state index is 0.222. The zero-order valence-corrected chi connectivity index (χ0v) is 16.1. The third-order valence-electron chi connectivity index (χ3n) is 4.73. The number of ether oxygens (including phenoxy) is 2. The minimum atomic E-state index is -0.633. The van der Waals surface area contributed by atoms with Crippen molar-refractivity contribution in [3.8, 4) is 17.1 Å². The largest absolute Gasteiger partial charge is 0.491 e. The highest BCUT2D eigenvalue weighted by Gasteiger charge is 2.27. The van der Waals surface area contributed by atoms with Gasteiger partial charge in [0.05, 0.1) is 12.1 Å². The van der Waals surface area contributed by atoms with Crippen LogP contribution in [0, 0.1) is 0 Å². The number of benzene rings is 2. The molecule has 29 heavy (non-hydrogen) atoms. The molecule has 0 radical (unpaired) electrons. The van der Waals surface area contributed by atoms with Gasteiger partial charge in [-0.1, -0.05) is 29.4 Å². The van der Waals surface area contributed by atoms with E-state index in [0.29, 0.717) is 35.2 Å². The van der Waals surface area contributed by atoms with Gasteiger partial charge in [-0.2, -0.15) is 4.98 Å². The standard InChI is InChI=1S/C21H21N3O5/c1-12(25)13-4-3-5-15(8-13)21(26)22-17-10-28-18-9-14(6-7-16(17)18)20-23-19(11-27-2)29-24-20/h3-9,12,17,25H,10-11H2,1-2H3,(H,22,26)/t12-,17?/m0/s1. The molecule has 8 heteroatoms. The highest BCUT2D eigenvalue weighted by molar-refractivity contribution is 5.94. The topological polar surface area (TPSA) is 107 Å². The molecule has 1 aromatic heterocycles. The van der Waals surface area contributed by atoms with Crippen molar-refractivity contribution in [3.05, 3.63) is 65.0 Å². The number of nitrogens with one attached hydrogen (secondary N) is 1. The van der Waals surface area contributed by atoms with Gasteiger partial charge in [-0.3, -0.25) is 4.79 Å². The smallest absolute Gasteiger partial charge is 0.252 e. The zero-order valence-electron chi connectivity index (χ0n) is 16.1. The molecule has 0 bridgehead atoms. The van der Waals surface area contributed by atoms with E-state index in [4.69, 9.17) is 14.0 Å². The van der Waals surface area contributed by atoms with Gasteiger partial charge in [0.1, 0.15) is 19.0 Å². The number of fused-ring (bicyclic) bond motifs is 1.